The molecular weight excluding hydrogens is 865 g/mol. The van der Waals surface area contributed by atoms with E-state index in [1.165, 1.54) is 35.5 Å². The van der Waals surface area contributed by atoms with Gasteiger partial charge in [-0.2, -0.15) is 0 Å². The molecule has 8 heterocycles. The van der Waals surface area contributed by atoms with Gasteiger partial charge in [0.15, 0.2) is 23.3 Å². The minimum Gasteiger partial charge on any atom is -0.478 e. The standard InChI is InChI=1S/C24H21N5O3S.C23H19N5O3S/c1-31-23(30)16-5-2-4-15(8-16)20-27-21(19-22(28-20)33-14-25-19)26-17-6-3-7-18(9-17)29-10-24(11-29)12-32-13-24;29-22(30)15-4-1-3-14(7-15)19-26-20(18-21(27-19)32-13-24-18)25-16-5-2-6-17(8-16)28-9-23(10-28)11-31-12-23/h2-9,14H,10-13H2,1H3,(H,26,27,28);1-8,13H,9-12H2,(H,29,30)(H,25,26,27). The van der Waals surface area contributed by atoms with Crippen molar-refractivity contribution >= 4 is 89.7 Å². The Balaban J connectivity index is 0.000000144. The van der Waals surface area contributed by atoms with Crippen molar-refractivity contribution in [1.82, 2.24) is 29.9 Å². The summed E-state index contributed by atoms with van der Waals surface area (Å²) in [6, 6.07) is 30.3. The van der Waals surface area contributed by atoms with E-state index in [9.17, 15) is 14.7 Å². The average molecular weight is 905 g/mol. The smallest absolute Gasteiger partial charge is 0.337 e. The van der Waals surface area contributed by atoms with Crippen molar-refractivity contribution in [2.45, 2.75) is 0 Å². The van der Waals surface area contributed by atoms with Crippen molar-refractivity contribution in [3.05, 3.63) is 119 Å². The highest BCUT2D eigenvalue weighted by Crippen LogP contribution is 2.42. The van der Waals surface area contributed by atoms with E-state index in [1.807, 2.05) is 36.4 Å². The van der Waals surface area contributed by atoms with E-state index in [1.54, 1.807) is 47.4 Å². The second-order valence-electron chi connectivity index (χ2n) is 16.8. The zero-order chi connectivity index (χ0) is 44.1. The highest BCUT2D eigenvalue weighted by atomic mass is 32.1. The van der Waals surface area contributed by atoms with Crippen LogP contribution in [0.3, 0.4) is 0 Å². The van der Waals surface area contributed by atoms with Crippen molar-refractivity contribution in [1.29, 1.82) is 0 Å². The lowest BCUT2D eigenvalue weighted by atomic mass is 9.78. The molecule has 4 aliphatic heterocycles. The van der Waals surface area contributed by atoms with Gasteiger partial charge in [0.1, 0.15) is 20.7 Å². The average Bonchev–Trinajstić information content (AvgIpc) is 3.96. The molecule has 8 aromatic rings. The molecule has 326 valence electrons. The number of nitrogens with zero attached hydrogens (tertiary/aromatic N) is 8. The Morgan fingerprint density at radius 2 is 1.09 bits per heavy atom. The van der Waals surface area contributed by atoms with Crippen molar-refractivity contribution in [3.8, 4) is 22.8 Å². The monoisotopic (exact) mass is 904 g/mol. The van der Waals surface area contributed by atoms with Crippen LogP contribution in [-0.4, -0.2) is 107 Å². The van der Waals surface area contributed by atoms with Crippen LogP contribution in [-0.2, 0) is 14.2 Å². The number of fused-ring (bicyclic) bond motifs is 2. The van der Waals surface area contributed by atoms with Gasteiger partial charge in [0, 0.05) is 60.1 Å². The maximum Gasteiger partial charge on any atom is 0.337 e. The van der Waals surface area contributed by atoms with E-state index >= 15 is 0 Å². The summed E-state index contributed by atoms with van der Waals surface area (Å²) >= 11 is 2.87. The summed E-state index contributed by atoms with van der Waals surface area (Å²) in [6.45, 7) is 7.54. The Kier molecular flexibility index (Phi) is 10.3. The van der Waals surface area contributed by atoms with Gasteiger partial charge in [0.25, 0.3) is 0 Å². The molecule has 4 saturated heterocycles. The topological polar surface area (TPSA) is 190 Å². The molecule has 16 nitrogen and oxygen atoms in total. The summed E-state index contributed by atoms with van der Waals surface area (Å²) in [4.78, 5) is 57.2. The fourth-order valence-corrected chi connectivity index (χ4v) is 9.84. The van der Waals surface area contributed by atoms with Crippen LogP contribution in [0.1, 0.15) is 20.7 Å². The number of hydrogen-bond acceptors (Lipinski definition) is 17. The summed E-state index contributed by atoms with van der Waals surface area (Å²) in [5, 5.41) is 16.2. The number of ether oxygens (including phenoxy) is 3. The van der Waals surface area contributed by atoms with Gasteiger partial charge in [-0.25, -0.2) is 39.5 Å². The van der Waals surface area contributed by atoms with E-state index in [0.717, 1.165) is 84.9 Å². The molecule has 65 heavy (non-hydrogen) atoms. The van der Waals surface area contributed by atoms with Gasteiger partial charge in [-0.1, -0.05) is 36.4 Å². The Bertz CT molecular complexity index is 3120. The first-order chi connectivity index (χ1) is 31.7. The Labute approximate surface area is 379 Å². The summed E-state index contributed by atoms with van der Waals surface area (Å²) in [5.41, 5.74) is 11.8. The highest BCUT2D eigenvalue weighted by molar-refractivity contribution is 7.16. The molecule has 0 aliphatic carbocycles. The van der Waals surface area contributed by atoms with E-state index in [2.05, 4.69) is 64.6 Å². The minimum absolute atomic E-state index is 0.196. The molecule has 4 fully saturated rings. The second-order valence-corrected chi connectivity index (χ2v) is 18.5. The van der Waals surface area contributed by atoms with Gasteiger partial charge in [-0.3, -0.25) is 0 Å². The van der Waals surface area contributed by atoms with Crippen LogP contribution in [0.25, 0.3) is 43.5 Å². The molecule has 0 atom stereocenters. The number of anilines is 6. The van der Waals surface area contributed by atoms with Crippen LogP contribution in [0.2, 0.25) is 0 Å². The molecule has 0 saturated carbocycles. The van der Waals surface area contributed by atoms with Crippen LogP contribution in [0.15, 0.2) is 108 Å². The number of rotatable bonds is 10. The molecular formula is C47H40N10O6S2. The van der Waals surface area contributed by atoms with Crippen LogP contribution in [0.5, 0.6) is 0 Å². The van der Waals surface area contributed by atoms with Gasteiger partial charge in [0.05, 0.1) is 66.5 Å². The summed E-state index contributed by atoms with van der Waals surface area (Å²) in [7, 11) is 1.37. The van der Waals surface area contributed by atoms with Gasteiger partial charge in [-0.05, 0) is 60.7 Å². The largest absolute Gasteiger partial charge is 0.478 e. The number of methoxy groups -OCH3 is 1. The van der Waals surface area contributed by atoms with E-state index in [4.69, 9.17) is 24.2 Å². The van der Waals surface area contributed by atoms with Crippen LogP contribution >= 0.6 is 22.7 Å². The number of thiazole rings is 2. The maximum atomic E-state index is 12.0. The van der Waals surface area contributed by atoms with Gasteiger partial charge in [0.2, 0.25) is 0 Å². The lowest BCUT2D eigenvalue weighted by Gasteiger charge is -2.56. The number of esters is 1. The first-order valence-corrected chi connectivity index (χ1v) is 22.6. The molecule has 0 unspecified atom stereocenters. The Morgan fingerprint density at radius 3 is 1.54 bits per heavy atom. The number of carboxylic acids is 1. The van der Waals surface area contributed by atoms with Crippen LogP contribution in [0.4, 0.5) is 34.4 Å². The van der Waals surface area contributed by atoms with Crippen LogP contribution < -0.4 is 20.4 Å². The Morgan fingerprint density at radius 1 is 0.631 bits per heavy atom. The van der Waals surface area contributed by atoms with Crippen molar-refractivity contribution in [2.24, 2.45) is 10.8 Å². The SMILES string of the molecule is COC(=O)c1cccc(-c2nc(Nc3cccc(N4CC5(COC5)C4)c3)c3ncsc3n2)c1.O=C(O)c1cccc(-c2nc(Nc3cccc(N4CC5(COC5)C4)c3)c3ncsc3n2)c1. The van der Waals surface area contributed by atoms with Gasteiger partial charge >= 0.3 is 11.9 Å². The predicted molar refractivity (Wildman–Crippen MR) is 250 cm³/mol. The van der Waals surface area contributed by atoms with E-state index in [-0.39, 0.29) is 5.56 Å². The van der Waals surface area contributed by atoms with Gasteiger partial charge in [-0.15, -0.1) is 22.7 Å². The summed E-state index contributed by atoms with van der Waals surface area (Å²) in [6.07, 6.45) is 0. The quantitative estimate of drug-likeness (QED) is 0.111. The molecule has 0 bridgehead atoms. The first-order valence-electron chi connectivity index (χ1n) is 20.9. The number of carboxylic acid groups (broad SMARTS) is 1. The maximum absolute atomic E-state index is 12.0. The van der Waals surface area contributed by atoms with Crippen molar-refractivity contribution in [3.63, 3.8) is 0 Å². The van der Waals surface area contributed by atoms with E-state index < -0.39 is 11.9 Å². The predicted octanol–water partition coefficient (Wildman–Crippen LogP) is 8.15. The zero-order valence-corrected chi connectivity index (χ0v) is 36.6. The molecule has 18 heteroatoms. The number of benzene rings is 4. The fourth-order valence-electron chi connectivity index (χ4n) is 8.52. The lowest BCUT2D eigenvalue weighted by Crippen LogP contribution is -2.66. The molecule has 2 spiro atoms. The third kappa shape index (κ3) is 7.94. The normalized spacial score (nSPS) is 16.4. The first kappa shape index (κ1) is 40.6. The van der Waals surface area contributed by atoms with Crippen molar-refractivity contribution in [2.75, 3.05) is 80.1 Å². The fraction of sp³-hybridized carbons (Fsp3) is 0.234. The Hall–Kier alpha value is -7.12. The number of nitrogens with one attached hydrogen (secondary N) is 2. The number of hydrogen-bond donors (Lipinski definition) is 3. The number of carbonyl (C=O) groups excluding carboxylic acids is 1. The lowest BCUT2D eigenvalue weighted by molar-refractivity contribution is -0.127. The van der Waals surface area contributed by atoms with Crippen LogP contribution in [0, 0.1) is 10.8 Å². The third-order valence-electron chi connectivity index (χ3n) is 12.0. The summed E-state index contributed by atoms with van der Waals surface area (Å²) in [5.74, 6) is 0.819. The second kappa shape index (κ2) is 16.5. The third-order valence-corrected chi connectivity index (χ3v) is 13.4. The summed E-state index contributed by atoms with van der Waals surface area (Å²) < 4.78 is 15.6. The number of aromatic nitrogens is 6. The molecule has 0 radical (unpaired) electrons. The van der Waals surface area contributed by atoms with Gasteiger partial charge < -0.3 is 39.8 Å². The van der Waals surface area contributed by atoms with Crippen molar-refractivity contribution < 1.29 is 28.9 Å². The molecule has 12 rings (SSSR count). The molecule has 0 amide bonds. The molecule has 4 aromatic heterocycles. The molecule has 4 aliphatic rings. The van der Waals surface area contributed by atoms with E-state index in [0.29, 0.717) is 56.3 Å². The molecule has 4 aromatic carbocycles. The highest BCUT2D eigenvalue weighted by Gasteiger charge is 2.50. The minimum atomic E-state index is -0.984. The zero-order valence-electron chi connectivity index (χ0n) is 34.9. The number of carbonyl (C=O) groups is 2. The molecule has 3 N–H and O–H groups in total. The number of aromatic carboxylic acids is 1.